The Morgan fingerprint density at radius 3 is 2.76 bits per heavy atom. The molecule has 1 atom stereocenters. The average Bonchev–Trinajstić information content (AvgIpc) is 2.55. The van der Waals surface area contributed by atoms with Crippen LogP contribution < -0.4 is 15.0 Å². The molecule has 7 nitrogen and oxygen atoms in total. The second-order valence-corrected chi connectivity index (χ2v) is 6.06. The Morgan fingerprint density at radius 2 is 2.08 bits per heavy atom. The van der Waals surface area contributed by atoms with Gasteiger partial charge in [-0.25, -0.2) is 0 Å². The highest BCUT2D eigenvalue weighted by Gasteiger charge is 2.15. The molecule has 0 heterocycles. The number of benzene rings is 2. The summed E-state index contributed by atoms with van der Waals surface area (Å²) in [5.41, 5.74) is 1.23. The summed E-state index contributed by atoms with van der Waals surface area (Å²) in [5, 5.41) is 14.0. The molecule has 0 spiro atoms. The van der Waals surface area contributed by atoms with Gasteiger partial charge in [0.15, 0.2) is 6.54 Å². The van der Waals surface area contributed by atoms with Gasteiger partial charge in [0.2, 0.25) is 0 Å². The monoisotopic (exact) mass is 364 g/mol. The van der Waals surface area contributed by atoms with Crippen LogP contribution in [0.2, 0.25) is 5.02 Å². The number of halogens is 1. The second-order valence-electron chi connectivity index (χ2n) is 5.62. The van der Waals surface area contributed by atoms with Gasteiger partial charge in [-0.2, -0.15) is 0 Å². The molecule has 0 aliphatic heterocycles. The van der Waals surface area contributed by atoms with Gasteiger partial charge in [0.05, 0.1) is 19.1 Å². The lowest BCUT2D eigenvalue weighted by molar-refractivity contribution is -0.885. The third kappa shape index (κ3) is 5.44. The van der Waals surface area contributed by atoms with Gasteiger partial charge in [0.1, 0.15) is 12.3 Å². The van der Waals surface area contributed by atoms with Crippen molar-refractivity contribution < 1.29 is 19.4 Å². The quantitative estimate of drug-likeness (QED) is 0.580. The normalized spacial score (nSPS) is 11.6. The van der Waals surface area contributed by atoms with Gasteiger partial charge in [-0.15, -0.1) is 0 Å². The van der Waals surface area contributed by atoms with Crippen LogP contribution in [-0.2, 0) is 11.3 Å². The largest absolute Gasteiger partial charge is 0.496 e. The highest BCUT2D eigenvalue weighted by molar-refractivity contribution is 6.30. The van der Waals surface area contributed by atoms with Gasteiger partial charge in [0, 0.05) is 28.4 Å². The van der Waals surface area contributed by atoms with Crippen molar-refractivity contribution in [1.29, 1.82) is 0 Å². The standard InChI is InChI=1S/C17H18ClN3O4/c1-20(10-12-8-13(18)6-7-16(12)25-2)11-17(22)19-14-4-3-5-15(9-14)21(23)24/h3-9H,10-11H2,1-2H3,(H,19,22)/p+1. The molecule has 1 unspecified atom stereocenters. The number of quaternary nitrogens is 1. The van der Waals surface area contributed by atoms with Crippen molar-refractivity contribution in [3.8, 4) is 5.75 Å². The molecule has 0 saturated carbocycles. The molecular weight excluding hydrogens is 346 g/mol. The van der Waals surface area contributed by atoms with Crippen LogP contribution >= 0.6 is 11.6 Å². The van der Waals surface area contributed by atoms with Crippen LogP contribution in [0.4, 0.5) is 11.4 Å². The number of anilines is 1. The molecular formula is C17H19ClN3O4+. The number of ether oxygens (including phenoxy) is 1. The van der Waals surface area contributed by atoms with Crippen molar-refractivity contribution in [1.82, 2.24) is 0 Å². The van der Waals surface area contributed by atoms with Crippen molar-refractivity contribution in [2.45, 2.75) is 6.54 Å². The van der Waals surface area contributed by atoms with Gasteiger partial charge in [-0.3, -0.25) is 14.9 Å². The molecule has 2 aromatic carbocycles. The van der Waals surface area contributed by atoms with Crippen LogP contribution in [-0.4, -0.2) is 31.5 Å². The van der Waals surface area contributed by atoms with Crippen molar-refractivity contribution in [3.63, 3.8) is 0 Å². The summed E-state index contributed by atoms with van der Waals surface area (Å²) < 4.78 is 5.30. The van der Waals surface area contributed by atoms with Crippen molar-refractivity contribution >= 4 is 28.9 Å². The Hall–Kier alpha value is -2.64. The smallest absolute Gasteiger partial charge is 0.279 e. The fraction of sp³-hybridized carbons (Fsp3) is 0.235. The molecule has 0 radical (unpaired) electrons. The third-order valence-electron chi connectivity index (χ3n) is 3.54. The fourth-order valence-corrected chi connectivity index (χ4v) is 2.64. The molecule has 2 N–H and O–H groups in total. The van der Waals surface area contributed by atoms with E-state index < -0.39 is 4.92 Å². The highest BCUT2D eigenvalue weighted by Crippen LogP contribution is 2.21. The summed E-state index contributed by atoms with van der Waals surface area (Å²) in [6.07, 6.45) is 0. The SMILES string of the molecule is COc1ccc(Cl)cc1C[NH+](C)CC(=O)Nc1cccc([N+](=O)[O-])c1. The molecule has 2 aromatic rings. The van der Waals surface area contributed by atoms with E-state index in [-0.39, 0.29) is 18.1 Å². The number of non-ortho nitro benzene ring substituents is 1. The maximum Gasteiger partial charge on any atom is 0.279 e. The van der Waals surface area contributed by atoms with E-state index in [1.54, 1.807) is 25.3 Å². The molecule has 0 aromatic heterocycles. The highest BCUT2D eigenvalue weighted by atomic mass is 35.5. The molecule has 0 bridgehead atoms. The number of rotatable bonds is 7. The summed E-state index contributed by atoms with van der Waals surface area (Å²) in [5.74, 6) is 0.474. The number of hydrogen-bond donors (Lipinski definition) is 2. The number of nitrogens with one attached hydrogen (secondary N) is 2. The predicted octanol–water partition coefficient (Wildman–Crippen LogP) is 1.91. The first-order valence-corrected chi connectivity index (χ1v) is 7.95. The van der Waals surface area contributed by atoms with Crippen LogP contribution in [0.1, 0.15) is 5.56 Å². The van der Waals surface area contributed by atoms with Crippen LogP contribution in [0.15, 0.2) is 42.5 Å². The zero-order chi connectivity index (χ0) is 18.4. The Balaban J connectivity index is 1.97. The Bertz CT molecular complexity index is 782. The first-order chi connectivity index (χ1) is 11.9. The molecule has 1 amide bonds. The van der Waals surface area contributed by atoms with E-state index in [2.05, 4.69) is 5.32 Å². The number of likely N-dealkylation sites (N-methyl/N-ethyl adjacent to an activating group) is 1. The summed E-state index contributed by atoms with van der Waals surface area (Å²) in [7, 11) is 3.45. The number of carbonyl (C=O) groups excluding carboxylic acids is 1. The molecule has 0 aliphatic rings. The topological polar surface area (TPSA) is 85.9 Å². The number of nitro benzene ring substituents is 1. The van der Waals surface area contributed by atoms with Crippen molar-refractivity contribution in [2.75, 3.05) is 26.0 Å². The maximum absolute atomic E-state index is 12.2. The molecule has 25 heavy (non-hydrogen) atoms. The minimum atomic E-state index is -0.502. The van der Waals surface area contributed by atoms with Crippen LogP contribution in [0.3, 0.4) is 0 Å². The molecule has 0 aliphatic carbocycles. The zero-order valence-electron chi connectivity index (χ0n) is 13.9. The number of nitrogens with zero attached hydrogens (tertiary/aromatic N) is 1. The van der Waals surface area contributed by atoms with E-state index in [0.29, 0.717) is 23.0 Å². The lowest BCUT2D eigenvalue weighted by Crippen LogP contribution is -3.08. The lowest BCUT2D eigenvalue weighted by Gasteiger charge is -2.16. The Kier molecular flexibility index (Phi) is 6.32. The fourth-order valence-electron chi connectivity index (χ4n) is 2.45. The van der Waals surface area contributed by atoms with E-state index in [1.165, 1.54) is 18.2 Å². The minimum absolute atomic E-state index is 0.0674. The molecule has 132 valence electrons. The number of nitro groups is 1. The van der Waals surface area contributed by atoms with Gasteiger partial charge in [-0.1, -0.05) is 17.7 Å². The van der Waals surface area contributed by atoms with E-state index in [1.807, 2.05) is 13.1 Å². The Morgan fingerprint density at radius 1 is 1.32 bits per heavy atom. The van der Waals surface area contributed by atoms with E-state index in [4.69, 9.17) is 16.3 Å². The van der Waals surface area contributed by atoms with E-state index >= 15 is 0 Å². The van der Waals surface area contributed by atoms with Crippen LogP contribution in [0.25, 0.3) is 0 Å². The summed E-state index contributed by atoms with van der Waals surface area (Å²) in [6.45, 7) is 0.741. The predicted molar refractivity (Wildman–Crippen MR) is 95.2 cm³/mol. The lowest BCUT2D eigenvalue weighted by atomic mass is 10.2. The summed E-state index contributed by atoms with van der Waals surface area (Å²) in [6, 6.07) is 11.2. The summed E-state index contributed by atoms with van der Waals surface area (Å²) >= 11 is 6.01. The molecule has 2 rings (SSSR count). The molecule has 8 heteroatoms. The minimum Gasteiger partial charge on any atom is -0.496 e. The van der Waals surface area contributed by atoms with Crippen LogP contribution in [0, 0.1) is 10.1 Å². The van der Waals surface area contributed by atoms with Gasteiger partial charge >= 0.3 is 0 Å². The van der Waals surface area contributed by atoms with Gasteiger partial charge in [0.25, 0.3) is 11.6 Å². The summed E-state index contributed by atoms with van der Waals surface area (Å²) in [4.78, 5) is 23.3. The average molecular weight is 365 g/mol. The van der Waals surface area contributed by atoms with Gasteiger partial charge in [-0.05, 0) is 24.3 Å². The third-order valence-corrected chi connectivity index (χ3v) is 3.77. The first kappa shape index (κ1) is 18.7. The number of methoxy groups -OCH3 is 1. The number of hydrogen-bond acceptors (Lipinski definition) is 4. The van der Waals surface area contributed by atoms with Gasteiger partial charge < -0.3 is 15.0 Å². The first-order valence-electron chi connectivity index (χ1n) is 7.57. The second kappa shape index (κ2) is 8.46. The number of carbonyl (C=O) groups is 1. The Labute approximate surface area is 150 Å². The molecule has 0 fully saturated rings. The van der Waals surface area contributed by atoms with E-state index in [0.717, 1.165) is 10.5 Å². The van der Waals surface area contributed by atoms with Crippen LogP contribution in [0.5, 0.6) is 5.75 Å². The van der Waals surface area contributed by atoms with Crippen molar-refractivity contribution in [2.24, 2.45) is 0 Å². The number of amides is 1. The maximum atomic E-state index is 12.2. The van der Waals surface area contributed by atoms with Crippen molar-refractivity contribution in [3.05, 3.63) is 63.2 Å². The molecule has 0 saturated heterocycles. The zero-order valence-corrected chi connectivity index (χ0v) is 14.7. The van der Waals surface area contributed by atoms with E-state index in [9.17, 15) is 14.9 Å².